The molecule has 0 bridgehead atoms. The molecule has 1 atom stereocenters. The van der Waals surface area contributed by atoms with Gasteiger partial charge in [0.2, 0.25) is 0 Å². The largest absolute Gasteiger partial charge is 0.378 e. The Morgan fingerprint density at radius 3 is 2.89 bits per heavy atom. The molecule has 0 radical (unpaired) electrons. The fourth-order valence-electron chi connectivity index (χ4n) is 2.10. The number of thiophene rings is 1. The van der Waals surface area contributed by atoms with Crippen molar-refractivity contribution in [3.8, 4) is 0 Å². The summed E-state index contributed by atoms with van der Waals surface area (Å²) in [4.78, 5) is 5.95. The fourth-order valence-corrected chi connectivity index (χ4v) is 2.99. The third-order valence-electron chi connectivity index (χ3n) is 3.04. The molecule has 1 aliphatic rings. The zero-order valence-corrected chi connectivity index (χ0v) is 10.8. The summed E-state index contributed by atoms with van der Waals surface area (Å²) in [6.45, 7) is 1.32. The van der Waals surface area contributed by atoms with Gasteiger partial charge in [-0.05, 0) is 11.4 Å². The summed E-state index contributed by atoms with van der Waals surface area (Å²) in [5, 5.41) is 5.55. The van der Waals surface area contributed by atoms with Crippen LogP contribution in [0.15, 0.2) is 46.8 Å². The van der Waals surface area contributed by atoms with E-state index < -0.39 is 0 Å². The van der Waals surface area contributed by atoms with Gasteiger partial charge in [0.05, 0.1) is 28.9 Å². The van der Waals surface area contributed by atoms with Crippen molar-refractivity contribution >= 4 is 22.7 Å². The van der Waals surface area contributed by atoms with Crippen LogP contribution in [0.4, 0.5) is 5.69 Å². The second-order valence-corrected chi connectivity index (χ2v) is 5.21. The summed E-state index contributed by atoms with van der Waals surface area (Å²) in [7, 11) is 0. The Balaban J connectivity index is 2.07. The lowest BCUT2D eigenvalue weighted by atomic mass is 10.1. The summed E-state index contributed by atoms with van der Waals surface area (Å²) < 4.78 is 0. The Labute approximate surface area is 110 Å². The number of aliphatic imine (C=N–C) groups is 1. The highest BCUT2D eigenvalue weighted by atomic mass is 32.1. The SMILES string of the molecule is NCC1CN=C(c2ccccc2)c2sccc2N1. The molecule has 1 aromatic heterocycles. The molecule has 0 fully saturated rings. The number of nitrogens with one attached hydrogen (secondary N) is 1. The van der Waals surface area contributed by atoms with E-state index in [2.05, 4.69) is 28.9 Å². The van der Waals surface area contributed by atoms with Crippen molar-refractivity contribution < 1.29 is 0 Å². The number of hydrogen-bond acceptors (Lipinski definition) is 4. The van der Waals surface area contributed by atoms with E-state index in [0.717, 1.165) is 17.9 Å². The molecule has 18 heavy (non-hydrogen) atoms. The normalized spacial score (nSPS) is 18.5. The molecule has 0 spiro atoms. The van der Waals surface area contributed by atoms with Crippen molar-refractivity contribution in [1.29, 1.82) is 0 Å². The lowest BCUT2D eigenvalue weighted by Gasteiger charge is -2.12. The average molecular weight is 257 g/mol. The molecule has 3 rings (SSSR count). The summed E-state index contributed by atoms with van der Waals surface area (Å²) in [5.41, 5.74) is 9.14. The first kappa shape index (κ1) is 11.4. The molecule has 1 unspecified atom stereocenters. The Morgan fingerprint density at radius 2 is 2.11 bits per heavy atom. The lowest BCUT2D eigenvalue weighted by molar-refractivity contribution is 0.743. The van der Waals surface area contributed by atoms with E-state index in [9.17, 15) is 0 Å². The van der Waals surface area contributed by atoms with Crippen LogP contribution >= 0.6 is 11.3 Å². The maximum atomic E-state index is 5.75. The summed E-state index contributed by atoms with van der Waals surface area (Å²) in [5.74, 6) is 0. The van der Waals surface area contributed by atoms with Gasteiger partial charge in [-0.3, -0.25) is 4.99 Å². The Bertz CT molecular complexity index is 559. The highest BCUT2D eigenvalue weighted by molar-refractivity contribution is 7.13. The van der Waals surface area contributed by atoms with Gasteiger partial charge in [-0.2, -0.15) is 0 Å². The Hall–Kier alpha value is -1.65. The maximum Gasteiger partial charge on any atom is 0.0840 e. The standard InChI is InChI=1S/C14H15N3S/c15-8-11-9-16-13(10-4-2-1-3-5-10)14-12(17-11)6-7-18-14/h1-7,11,17H,8-9,15H2. The van der Waals surface area contributed by atoms with E-state index in [1.165, 1.54) is 10.4 Å². The van der Waals surface area contributed by atoms with Crippen molar-refractivity contribution in [3.63, 3.8) is 0 Å². The van der Waals surface area contributed by atoms with Crippen molar-refractivity contribution in [3.05, 3.63) is 52.2 Å². The molecular formula is C14H15N3S. The average Bonchev–Trinajstić information content (AvgIpc) is 2.80. The minimum Gasteiger partial charge on any atom is -0.378 e. The van der Waals surface area contributed by atoms with Crippen LogP contribution in [0.25, 0.3) is 0 Å². The Kier molecular flexibility index (Phi) is 3.13. The molecule has 3 nitrogen and oxygen atoms in total. The van der Waals surface area contributed by atoms with E-state index in [1.807, 2.05) is 18.2 Å². The smallest absolute Gasteiger partial charge is 0.0840 e. The predicted molar refractivity (Wildman–Crippen MR) is 77.7 cm³/mol. The van der Waals surface area contributed by atoms with Crippen molar-refractivity contribution in [2.75, 3.05) is 18.4 Å². The molecule has 2 heterocycles. The van der Waals surface area contributed by atoms with Gasteiger partial charge >= 0.3 is 0 Å². The number of rotatable bonds is 2. The number of hydrogen-bond donors (Lipinski definition) is 2. The highest BCUT2D eigenvalue weighted by Gasteiger charge is 2.19. The first-order valence-corrected chi connectivity index (χ1v) is 6.91. The third-order valence-corrected chi connectivity index (χ3v) is 3.96. The van der Waals surface area contributed by atoms with Crippen LogP contribution in [0.3, 0.4) is 0 Å². The predicted octanol–water partition coefficient (Wildman–Crippen LogP) is 2.34. The molecule has 1 aliphatic heterocycles. The number of nitrogens with zero attached hydrogens (tertiary/aromatic N) is 1. The van der Waals surface area contributed by atoms with Crippen LogP contribution in [0, 0.1) is 0 Å². The molecule has 0 saturated carbocycles. The quantitative estimate of drug-likeness (QED) is 0.867. The zero-order valence-electron chi connectivity index (χ0n) is 9.97. The first-order valence-electron chi connectivity index (χ1n) is 6.03. The van der Waals surface area contributed by atoms with Crippen molar-refractivity contribution in [2.24, 2.45) is 10.7 Å². The van der Waals surface area contributed by atoms with Gasteiger partial charge in [-0.15, -0.1) is 11.3 Å². The topological polar surface area (TPSA) is 50.4 Å². The van der Waals surface area contributed by atoms with E-state index in [-0.39, 0.29) is 6.04 Å². The molecule has 0 amide bonds. The highest BCUT2D eigenvalue weighted by Crippen LogP contribution is 2.28. The number of benzene rings is 1. The van der Waals surface area contributed by atoms with Crippen LogP contribution in [0.2, 0.25) is 0 Å². The summed E-state index contributed by atoms with van der Waals surface area (Å²) in [6, 6.07) is 12.6. The number of anilines is 1. The number of fused-ring (bicyclic) bond motifs is 1. The maximum absolute atomic E-state index is 5.75. The van der Waals surface area contributed by atoms with Crippen LogP contribution < -0.4 is 11.1 Å². The van der Waals surface area contributed by atoms with E-state index in [0.29, 0.717) is 6.54 Å². The van der Waals surface area contributed by atoms with Crippen LogP contribution in [-0.4, -0.2) is 24.8 Å². The molecule has 1 aromatic carbocycles. The van der Waals surface area contributed by atoms with Gasteiger partial charge in [0.15, 0.2) is 0 Å². The molecule has 0 saturated heterocycles. The van der Waals surface area contributed by atoms with Crippen LogP contribution in [0.5, 0.6) is 0 Å². The summed E-state index contributed by atoms with van der Waals surface area (Å²) >= 11 is 1.72. The minimum atomic E-state index is 0.222. The molecule has 4 heteroatoms. The second-order valence-electron chi connectivity index (χ2n) is 4.30. The van der Waals surface area contributed by atoms with Gasteiger partial charge in [-0.25, -0.2) is 0 Å². The summed E-state index contributed by atoms with van der Waals surface area (Å²) in [6.07, 6.45) is 0. The van der Waals surface area contributed by atoms with E-state index in [1.54, 1.807) is 11.3 Å². The van der Waals surface area contributed by atoms with Crippen molar-refractivity contribution in [2.45, 2.75) is 6.04 Å². The van der Waals surface area contributed by atoms with E-state index >= 15 is 0 Å². The van der Waals surface area contributed by atoms with Gasteiger partial charge in [0.25, 0.3) is 0 Å². The van der Waals surface area contributed by atoms with E-state index in [4.69, 9.17) is 10.7 Å². The van der Waals surface area contributed by atoms with Gasteiger partial charge in [0, 0.05) is 12.1 Å². The van der Waals surface area contributed by atoms with Crippen LogP contribution in [-0.2, 0) is 0 Å². The molecule has 92 valence electrons. The monoisotopic (exact) mass is 257 g/mol. The second kappa shape index (κ2) is 4.92. The van der Waals surface area contributed by atoms with Gasteiger partial charge in [-0.1, -0.05) is 30.3 Å². The molecular weight excluding hydrogens is 242 g/mol. The van der Waals surface area contributed by atoms with Crippen molar-refractivity contribution in [1.82, 2.24) is 0 Å². The van der Waals surface area contributed by atoms with Gasteiger partial charge in [0.1, 0.15) is 0 Å². The fraction of sp³-hybridized carbons (Fsp3) is 0.214. The van der Waals surface area contributed by atoms with Crippen LogP contribution in [0.1, 0.15) is 10.4 Å². The molecule has 0 aliphatic carbocycles. The first-order chi connectivity index (χ1) is 8.88. The number of nitrogens with two attached hydrogens (primary N) is 1. The minimum absolute atomic E-state index is 0.222. The third kappa shape index (κ3) is 2.05. The zero-order chi connectivity index (χ0) is 12.4. The van der Waals surface area contributed by atoms with Gasteiger partial charge < -0.3 is 11.1 Å². The lowest BCUT2D eigenvalue weighted by Crippen LogP contribution is -2.30. The molecule has 3 N–H and O–H groups in total. The Morgan fingerprint density at radius 1 is 1.28 bits per heavy atom. The molecule has 2 aromatic rings.